The highest BCUT2D eigenvalue weighted by Crippen LogP contribution is 2.09. The first kappa shape index (κ1) is 9.66. The summed E-state index contributed by atoms with van der Waals surface area (Å²) in [6.07, 6.45) is -2.01. The van der Waals surface area contributed by atoms with E-state index in [4.69, 9.17) is 5.26 Å². The summed E-state index contributed by atoms with van der Waals surface area (Å²) in [4.78, 5) is 0. The van der Waals surface area contributed by atoms with Gasteiger partial charge in [0.05, 0.1) is 11.6 Å². The van der Waals surface area contributed by atoms with E-state index in [0.29, 0.717) is 12.0 Å². The van der Waals surface area contributed by atoms with Crippen molar-refractivity contribution >= 4 is 0 Å². The molecule has 0 aliphatic rings. The molecule has 0 aromatic heterocycles. The lowest BCUT2D eigenvalue weighted by Crippen LogP contribution is -1.93. The fourth-order valence-corrected chi connectivity index (χ4v) is 1.02. The zero-order valence-corrected chi connectivity index (χ0v) is 7.00. The zero-order valence-electron chi connectivity index (χ0n) is 7.00. The summed E-state index contributed by atoms with van der Waals surface area (Å²) < 4.78 is 23.6. The Hall–Kier alpha value is -1.43. The van der Waals surface area contributed by atoms with Crippen LogP contribution in [0, 0.1) is 11.3 Å². The molecule has 13 heavy (non-hydrogen) atoms. The molecule has 0 bridgehead atoms. The van der Waals surface area contributed by atoms with Gasteiger partial charge in [0.15, 0.2) is 0 Å². The van der Waals surface area contributed by atoms with Crippen molar-refractivity contribution in [3.05, 3.63) is 35.4 Å². The van der Waals surface area contributed by atoms with Crippen LogP contribution < -0.4 is 0 Å². The molecule has 0 aliphatic heterocycles. The predicted molar refractivity (Wildman–Crippen MR) is 45.5 cm³/mol. The normalized spacial score (nSPS) is 10.0. The van der Waals surface area contributed by atoms with Gasteiger partial charge in [-0.05, 0) is 24.1 Å². The molecular weight excluding hydrogens is 172 g/mol. The third-order valence-corrected chi connectivity index (χ3v) is 1.73. The number of halogens is 2. The first-order valence-electron chi connectivity index (χ1n) is 3.99. The van der Waals surface area contributed by atoms with Crippen LogP contribution in [0.4, 0.5) is 8.78 Å². The van der Waals surface area contributed by atoms with Gasteiger partial charge in [0.2, 0.25) is 6.43 Å². The lowest BCUT2D eigenvalue weighted by atomic mass is 10.1. The van der Waals surface area contributed by atoms with Crippen LogP contribution in [-0.2, 0) is 6.42 Å². The van der Waals surface area contributed by atoms with Crippen molar-refractivity contribution in [1.29, 1.82) is 5.26 Å². The molecule has 1 aromatic rings. The van der Waals surface area contributed by atoms with Crippen LogP contribution in [0.15, 0.2) is 24.3 Å². The van der Waals surface area contributed by atoms with Crippen molar-refractivity contribution < 1.29 is 8.78 Å². The summed E-state index contributed by atoms with van der Waals surface area (Å²) in [6.45, 7) is 0. The van der Waals surface area contributed by atoms with Crippen molar-refractivity contribution in [3.8, 4) is 6.07 Å². The zero-order chi connectivity index (χ0) is 9.68. The maximum Gasteiger partial charge on any atom is 0.239 e. The van der Waals surface area contributed by atoms with E-state index in [1.54, 1.807) is 24.3 Å². The Balaban J connectivity index is 2.55. The lowest BCUT2D eigenvalue weighted by Gasteiger charge is -1.99. The van der Waals surface area contributed by atoms with E-state index in [1.165, 1.54) is 0 Å². The van der Waals surface area contributed by atoms with Crippen LogP contribution in [0.1, 0.15) is 17.5 Å². The van der Waals surface area contributed by atoms with E-state index in [1.807, 2.05) is 6.07 Å². The molecule has 1 rings (SSSR count). The molecule has 0 amide bonds. The summed E-state index contributed by atoms with van der Waals surface area (Å²) in [5.41, 5.74) is 1.40. The number of hydrogen-bond donors (Lipinski definition) is 0. The highest BCUT2D eigenvalue weighted by molar-refractivity contribution is 5.31. The fourth-order valence-electron chi connectivity index (χ4n) is 1.02. The second-order valence-corrected chi connectivity index (χ2v) is 2.74. The van der Waals surface area contributed by atoms with Crippen molar-refractivity contribution in [2.75, 3.05) is 0 Å². The summed E-state index contributed by atoms with van der Waals surface area (Å²) in [5, 5.41) is 8.48. The van der Waals surface area contributed by atoms with Gasteiger partial charge in [0, 0.05) is 6.42 Å². The molecular formula is C10H9F2N. The molecule has 1 aromatic carbocycles. The highest BCUT2D eigenvalue weighted by atomic mass is 19.3. The Labute approximate surface area is 75.6 Å². The maximum absolute atomic E-state index is 11.8. The average molecular weight is 181 g/mol. The predicted octanol–water partition coefficient (Wildman–Crippen LogP) is 2.76. The topological polar surface area (TPSA) is 23.8 Å². The largest absolute Gasteiger partial charge is 0.239 e. The van der Waals surface area contributed by atoms with Gasteiger partial charge in [-0.15, -0.1) is 0 Å². The van der Waals surface area contributed by atoms with Gasteiger partial charge >= 0.3 is 0 Å². The molecule has 0 saturated carbocycles. The number of aryl methyl sites for hydroxylation is 1. The molecule has 0 saturated heterocycles. The van der Waals surface area contributed by atoms with Gasteiger partial charge < -0.3 is 0 Å². The molecule has 68 valence electrons. The van der Waals surface area contributed by atoms with Crippen molar-refractivity contribution in [2.24, 2.45) is 0 Å². The quantitative estimate of drug-likeness (QED) is 0.703. The van der Waals surface area contributed by atoms with E-state index in [9.17, 15) is 8.78 Å². The number of nitriles is 1. The standard InChI is InChI=1S/C10H9F2N/c11-10(12)6-5-8-1-3-9(7-13)4-2-8/h1-4,10H,5-6H2. The number of nitrogens with zero attached hydrogens (tertiary/aromatic N) is 1. The molecule has 0 aliphatic carbocycles. The van der Waals surface area contributed by atoms with Gasteiger partial charge in [-0.1, -0.05) is 12.1 Å². The van der Waals surface area contributed by atoms with Crippen LogP contribution in [0.3, 0.4) is 0 Å². The van der Waals surface area contributed by atoms with Crippen molar-refractivity contribution in [2.45, 2.75) is 19.3 Å². The van der Waals surface area contributed by atoms with Crippen molar-refractivity contribution in [1.82, 2.24) is 0 Å². The summed E-state index contributed by atoms with van der Waals surface area (Å²) in [5.74, 6) is 0. The minimum Gasteiger partial charge on any atom is -0.211 e. The lowest BCUT2D eigenvalue weighted by molar-refractivity contribution is 0.138. The third kappa shape index (κ3) is 3.20. The molecule has 0 unspecified atom stereocenters. The van der Waals surface area contributed by atoms with Gasteiger partial charge in [-0.2, -0.15) is 5.26 Å². The van der Waals surface area contributed by atoms with E-state index in [0.717, 1.165) is 5.56 Å². The monoisotopic (exact) mass is 181 g/mol. The molecule has 0 radical (unpaired) electrons. The summed E-state index contributed by atoms with van der Waals surface area (Å²) >= 11 is 0. The second-order valence-electron chi connectivity index (χ2n) is 2.74. The van der Waals surface area contributed by atoms with Gasteiger partial charge in [0.1, 0.15) is 0 Å². The first-order valence-corrected chi connectivity index (χ1v) is 3.99. The van der Waals surface area contributed by atoms with Crippen LogP contribution in [-0.4, -0.2) is 6.43 Å². The third-order valence-electron chi connectivity index (χ3n) is 1.73. The molecule has 0 fully saturated rings. The number of rotatable bonds is 3. The summed E-state index contributed by atoms with van der Waals surface area (Å²) in [7, 11) is 0. The van der Waals surface area contributed by atoms with E-state index >= 15 is 0 Å². The second kappa shape index (κ2) is 4.56. The van der Waals surface area contributed by atoms with Crippen molar-refractivity contribution in [3.63, 3.8) is 0 Å². The van der Waals surface area contributed by atoms with E-state index < -0.39 is 6.43 Å². The van der Waals surface area contributed by atoms with Crippen LogP contribution >= 0.6 is 0 Å². The molecule has 0 heterocycles. The van der Waals surface area contributed by atoms with Gasteiger partial charge in [0.25, 0.3) is 0 Å². The van der Waals surface area contributed by atoms with E-state index in [-0.39, 0.29) is 6.42 Å². The summed E-state index contributed by atoms with van der Waals surface area (Å²) in [6, 6.07) is 8.67. The van der Waals surface area contributed by atoms with Crippen LogP contribution in [0.2, 0.25) is 0 Å². The molecule has 3 heteroatoms. The molecule has 0 atom stereocenters. The van der Waals surface area contributed by atoms with Gasteiger partial charge in [-0.25, -0.2) is 8.78 Å². The smallest absolute Gasteiger partial charge is 0.211 e. The van der Waals surface area contributed by atoms with Gasteiger partial charge in [-0.3, -0.25) is 0 Å². The fraction of sp³-hybridized carbons (Fsp3) is 0.300. The molecule has 0 spiro atoms. The van der Waals surface area contributed by atoms with Crippen LogP contribution in [0.5, 0.6) is 0 Å². The Bertz CT molecular complexity index is 298. The Morgan fingerprint density at radius 3 is 2.31 bits per heavy atom. The number of hydrogen-bond acceptors (Lipinski definition) is 1. The maximum atomic E-state index is 11.8. The molecule has 0 N–H and O–H groups in total. The minimum atomic E-state index is -2.25. The SMILES string of the molecule is N#Cc1ccc(CCC(F)F)cc1. The molecule has 1 nitrogen and oxygen atoms in total. The minimum absolute atomic E-state index is 0.119. The van der Waals surface area contributed by atoms with E-state index in [2.05, 4.69) is 0 Å². The Morgan fingerprint density at radius 1 is 1.23 bits per heavy atom. The highest BCUT2D eigenvalue weighted by Gasteiger charge is 2.02. The number of benzene rings is 1. The first-order chi connectivity index (χ1) is 6.22. The average Bonchev–Trinajstić information content (AvgIpc) is 2.15. The number of alkyl halides is 2. The van der Waals surface area contributed by atoms with Crippen LogP contribution in [0.25, 0.3) is 0 Å². The Kier molecular flexibility index (Phi) is 3.39. The Morgan fingerprint density at radius 2 is 1.85 bits per heavy atom.